The van der Waals surface area contributed by atoms with Crippen LogP contribution in [0.15, 0.2) is 76.6 Å². The van der Waals surface area contributed by atoms with Crippen LogP contribution in [-0.4, -0.2) is 27.8 Å². The molecule has 0 fully saturated rings. The van der Waals surface area contributed by atoms with E-state index in [1.54, 1.807) is 11.1 Å². The molecule has 0 bridgehead atoms. The summed E-state index contributed by atoms with van der Waals surface area (Å²) in [5.41, 5.74) is 1.78. The summed E-state index contributed by atoms with van der Waals surface area (Å²) in [5, 5.41) is 9.65. The fraction of sp³-hybridized carbons (Fsp3) is 0.150. The lowest BCUT2D eigenvalue weighted by atomic mass is 10.2. The van der Waals surface area contributed by atoms with Crippen molar-refractivity contribution in [3.8, 4) is 11.8 Å². The van der Waals surface area contributed by atoms with Crippen molar-refractivity contribution in [2.75, 3.05) is 17.2 Å². The van der Waals surface area contributed by atoms with Gasteiger partial charge in [-0.05, 0) is 36.4 Å². The van der Waals surface area contributed by atoms with Gasteiger partial charge in [0.1, 0.15) is 0 Å². The molecule has 0 atom stereocenters. The summed E-state index contributed by atoms with van der Waals surface area (Å²) in [4.78, 5) is 18.8. The summed E-state index contributed by atoms with van der Waals surface area (Å²) in [7, 11) is 0. The van der Waals surface area contributed by atoms with E-state index in [1.807, 2.05) is 65.4 Å². The quantitative estimate of drug-likeness (QED) is 0.500. The van der Waals surface area contributed by atoms with Crippen LogP contribution < -0.4 is 4.90 Å². The van der Waals surface area contributed by atoms with Gasteiger partial charge in [0, 0.05) is 34.8 Å². The van der Waals surface area contributed by atoms with Crippen LogP contribution in [0.3, 0.4) is 0 Å². The summed E-state index contributed by atoms with van der Waals surface area (Å²) < 4.78 is 2.96. The molecule has 1 heterocycles. The highest BCUT2D eigenvalue weighted by Gasteiger charge is 2.17. The van der Waals surface area contributed by atoms with E-state index in [1.165, 1.54) is 11.8 Å². The van der Waals surface area contributed by atoms with Crippen molar-refractivity contribution in [1.29, 1.82) is 5.26 Å². The number of carbonyl (C=O) groups is 1. The van der Waals surface area contributed by atoms with Crippen molar-refractivity contribution in [3.05, 3.63) is 71.5 Å². The average molecular weight is 441 g/mol. The Kier molecular flexibility index (Phi) is 6.69. The minimum absolute atomic E-state index is 0.0493. The molecular formula is C20H17BrN4OS. The normalized spacial score (nSPS) is 10.4. The number of anilines is 1. The van der Waals surface area contributed by atoms with Crippen molar-refractivity contribution in [2.24, 2.45) is 0 Å². The first-order valence-corrected chi connectivity index (χ1v) is 10.1. The standard InChI is InChI=1S/C20H17BrN4OS/c21-16-7-9-18(10-8-16)25-14-12-23-20(25)27-15-19(26)24(13-4-11-22)17-5-2-1-3-6-17/h1-3,5-10,12,14H,4,13,15H2. The molecule has 0 aliphatic heterocycles. The number of nitrogens with zero attached hydrogens (tertiary/aromatic N) is 4. The molecule has 3 aromatic rings. The first-order chi connectivity index (χ1) is 13.2. The van der Waals surface area contributed by atoms with Gasteiger partial charge < -0.3 is 4.90 Å². The highest BCUT2D eigenvalue weighted by Crippen LogP contribution is 2.23. The van der Waals surface area contributed by atoms with Crippen molar-refractivity contribution >= 4 is 39.3 Å². The summed E-state index contributed by atoms with van der Waals surface area (Å²) >= 11 is 4.82. The number of imidazole rings is 1. The number of para-hydroxylation sites is 1. The number of rotatable bonds is 7. The maximum absolute atomic E-state index is 12.8. The van der Waals surface area contributed by atoms with E-state index in [9.17, 15) is 4.79 Å². The Morgan fingerprint density at radius 1 is 1.19 bits per heavy atom. The second kappa shape index (κ2) is 9.40. The average Bonchev–Trinajstić information content (AvgIpc) is 3.16. The second-order valence-corrected chi connectivity index (χ2v) is 7.49. The Morgan fingerprint density at radius 3 is 2.63 bits per heavy atom. The van der Waals surface area contributed by atoms with Gasteiger partial charge in [0.2, 0.25) is 5.91 Å². The molecule has 3 rings (SSSR count). The van der Waals surface area contributed by atoms with Gasteiger partial charge in [-0.25, -0.2) is 4.98 Å². The van der Waals surface area contributed by atoms with Crippen LogP contribution in [0.2, 0.25) is 0 Å². The number of hydrogen-bond donors (Lipinski definition) is 0. The number of thioether (sulfide) groups is 1. The lowest BCUT2D eigenvalue weighted by Gasteiger charge is -2.21. The predicted molar refractivity (Wildman–Crippen MR) is 111 cm³/mol. The first kappa shape index (κ1) is 19.2. The van der Waals surface area contributed by atoms with Crippen LogP contribution >= 0.6 is 27.7 Å². The molecule has 0 N–H and O–H groups in total. The van der Waals surface area contributed by atoms with Crippen LogP contribution in [0, 0.1) is 11.3 Å². The summed E-state index contributed by atoms with van der Waals surface area (Å²) in [5.74, 6) is 0.195. The van der Waals surface area contributed by atoms with E-state index in [0.29, 0.717) is 13.0 Å². The smallest absolute Gasteiger partial charge is 0.237 e. The molecule has 0 spiro atoms. The second-order valence-electron chi connectivity index (χ2n) is 5.63. The lowest BCUT2D eigenvalue weighted by Crippen LogP contribution is -2.33. The molecule has 1 aromatic heterocycles. The lowest BCUT2D eigenvalue weighted by molar-refractivity contribution is -0.116. The summed E-state index contributed by atoms with van der Waals surface area (Å²) in [6.45, 7) is 0.376. The van der Waals surface area contributed by atoms with E-state index in [0.717, 1.165) is 21.0 Å². The minimum Gasteiger partial charge on any atom is -0.311 e. The van der Waals surface area contributed by atoms with Gasteiger partial charge in [0.25, 0.3) is 0 Å². The minimum atomic E-state index is -0.0493. The van der Waals surface area contributed by atoms with E-state index >= 15 is 0 Å². The molecule has 136 valence electrons. The molecule has 2 aromatic carbocycles. The number of carbonyl (C=O) groups excluding carboxylic acids is 1. The Bertz CT molecular complexity index is 935. The molecule has 0 unspecified atom stereocenters. The van der Waals surface area contributed by atoms with Crippen molar-refractivity contribution in [3.63, 3.8) is 0 Å². The molecule has 7 heteroatoms. The summed E-state index contributed by atoms with van der Waals surface area (Å²) in [6, 6.07) is 19.4. The predicted octanol–water partition coefficient (Wildman–Crippen LogP) is 4.67. The van der Waals surface area contributed by atoms with Gasteiger partial charge in [-0.3, -0.25) is 9.36 Å². The molecule has 5 nitrogen and oxygen atoms in total. The largest absolute Gasteiger partial charge is 0.311 e. The van der Waals surface area contributed by atoms with Crippen LogP contribution in [0.5, 0.6) is 0 Å². The van der Waals surface area contributed by atoms with E-state index in [-0.39, 0.29) is 11.7 Å². The maximum atomic E-state index is 12.8. The molecule has 27 heavy (non-hydrogen) atoms. The Morgan fingerprint density at radius 2 is 1.93 bits per heavy atom. The van der Waals surface area contributed by atoms with Crippen LogP contribution in [0.4, 0.5) is 5.69 Å². The molecule has 0 saturated carbocycles. The van der Waals surface area contributed by atoms with E-state index < -0.39 is 0 Å². The molecule has 0 aliphatic carbocycles. The summed E-state index contributed by atoms with van der Waals surface area (Å²) in [6.07, 6.45) is 3.89. The van der Waals surface area contributed by atoms with Crippen molar-refractivity contribution < 1.29 is 4.79 Å². The highest BCUT2D eigenvalue weighted by atomic mass is 79.9. The molecule has 1 amide bonds. The van der Waals surface area contributed by atoms with Crippen LogP contribution in [-0.2, 0) is 4.79 Å². The monoisotopic (exact) mass is 440 g/mol. The van der Waals surface area contributed by atoms with Crippen LogP contribution in [0.25, 0.3) is 5.69 Å². The zero-order valence-corrected chi connectivity index (χ0v) is 16.9. The van der Waals surface area contributed by atoms with Gasteiger partial charge in [-0.15, -0.1) is 0 Å². The molecular weight excluding hydrogens is 424 g/mol. The first-order valence-electron chi connectivity index (χ1n) is 8.33. The maximum Gasteiger partial charge on any atom is 0.237 e. The van der Waals surface area contributed by atoms with Gasteiger partial charge in [-0.1, -0.05) is 45.9 Å². The topological polar surface area (TPSA) is 61.9 Å². The van der Waals surface area contributed by atoms with Crippen molar-refractivity contribution in [2.45, 2.75) is 11.6 Å². The van der Waals surface area contributed by atoms with Crippen LogP contribution in [0.1, 0.15) is 6.42 Å². The molecule has 0 aliphatic rings. The number of hydrogen-bond acceptors (Lipinski definition) is 4. The molecule has 0 saturated heterocycles. The van der Waals surface area contributed by atoms with Gasteiger partial charge in [0.05, 0.1) is 18.2 Å². The fourth-order valence-electron chi connectivity index (χ4n) is 2.57. The van der Waals surface area contributed by atoms with Gasteiger partial charge in [-0.2, -0.15) is 5.26 Å². The molecule has 0 radical (unpaired) electrons. The fourth-order valence-corrected chi connectivity index (χ4v) is 3.68. The van der Waals surface area contributed by atoms with Crippen molar-refractivity contribution in [1.82, 2.24) is 9.55 Å². The highest BCUT2D eigenvalue weighted by molar-refractivity contribution is 9.10. The number of aromatic nitrogens is 2. The Hall–Kier alpha value is -2.56. The number of halogens is 1. The third-order valence-electron chi connectivity index (χ3n) is 3.85. The Labute approximate surface area is 170 Å². The van der Waals surface area contributed by atoms with E-state index in [2.05, 4.69) is 27.0 Å². The third kappa shape index (κ3) is 5.00. The SMILES string of the molecule is N#CCCN(C(=O)CSc1nccn1-c1ccc(Br)cc1)c1ccccc1. The number of nitriles is 1. The van der Waals surface area contributed by atoms with E-state index in [4.69, 9.17) is 5.26 Å². The number of amides is 1. The zero-order valence-electron chi connectivity index (χ0n) is 14.5. The Balaban J connectivity index is 1.72. The third-order valence-corrected chi connectivity index (χ3v) is 5.33. The van der Waals surface area contributed by atoms with Gasteiger partial charge >= 0.3 is 0 Å². The number of benzene rings is 2. The van der Waals surface area contributed by atoms with Gasteiger partial charge in [0.15, 0.2) is 5.16 Å². The zero-order chi connectivity index (χ0) is 19.1.